The Hall–Kier alpha value is -2.15. The van der Waals surface area contributed by atoms with Crippen LogP contribution >= 0.6 is 0 Å². The van der Waals surface area contributed by atoms with Gasteiger partial charge in [0.15, 0.2) is 0 Å². The highest BCUT2D eigenvalue weighted by Gasteiger charge is 2.14. The molecule has 0 amide bonds. The van der Waals surface area contributed by atoms with E-state index in [1.807, 2.05) is 26.2 Å². The van der Waals surface area contributed by atoms with Gasteiger partial charge in [0.25, 0.3) is 0 Å². The summed E-state index contributed by atoms with van der Waals surface area (Å²) in [6.45, 7) is 5.99. The molecular formula is C40H73NO6. The van der Waals surface area contributed by atoms with Crippen molar-refractivity contribution in [2.45, 2.75) is 180 Å². The molecule has 47 heavy (non-hydrogen) atoms. The Morgan fingerprint density at radius 2 is 0.957 bits per heavy atom. The van der Waals surface area contributed by atoms with Crippen LogP contribution in [0.2, 0.25) is 0 Å². The molecule has 0 aliphatic rings. The van der Waals surface area contributed by atoms with Gasteiger partial charge in [-0.2, -0.15) is 0 Å². The smallest absolute Gasteiger partial charge is 0.306 e. The molecule has 1 atom stereocenters. The van der Waals surface area contributed by atoms with Crippen molar-refractivity contribution in [2.75, 3.05) is 33.9 Å². The van der Waals surface area contributed by atoms with Crippen molar-refractivity contribution in [3.8, 4) is 0 Å². The van der Waals surface area contributed by atoms with Gasteiger partial charge in [-0.15, -0.1) is 0 Å². The Balaban J connectivity index is 4.05. The molecule has 7 heteroatoms. The number of hydrogen-bond donors (Lipinski definition) is 0. The molecule has 0 rings (SSSR count). The van der Waals surface area contributed by atoms with Crippen LogP contribution in [0.4, 0.5) is 0 Å². The minimum absolute atomic E-state index is 0.0252. The molecule has 0 fully saturated rings. The van der Waals surface area contributed by atoms with Crippen molar-refractivity contribution in [1.29, 1.82) is 0 Å². The Morgan fingerprint density at radius 1 is 0.511 bits per heavy atom. The third kappa shape index (κ3) is 35.0. The molecule has 0 aromatic rings. The van der Waals surface area contributed by atoms with Gasteiger partial charge in [0, 0.05) is 19.3 Å². The highest BCUT2D eigenvalue weighted by Crippen LogP contribution is 2.18. The van der Waals surface area contributed by atoms with E-state index in [2.05, 4.69) is 30.9 Å². The van der Waals surface area contributed by atoms with Gasteiger partial charge in [0.05, 0.1) is 0 Å². The topological polar surface area (TPSA) is 82.1 Å². The Kier molecular flexibility index (Phi) is 33.6. The summed E-state index contributed by atoms with van der Waals surface area (Å²) in [4.78, 5) is 38.3. The average Bonchev–Trinajstić information content (AvgIpc) is 3.04. The van der Waals surface area contributed by atoms with Gasteiger partial charge in [-0.1, -0.05) is 122 Å². The van der Waals surface area contributed by atoms with Gasteiger partial charge >= 0.3 is 17.9 Å². The molecule has 0 saturated heterocycles. The van der Waals surface area contributed by atoms with Gasteiger partial charge in [-0.3, -0.25) is 14.4 Å². The maximum Gasteiger partial charge on any atom is 0.306 e. The number of allylic oxidation sites excluding steroid dienone is 2. The van der Waals surface area contributed by atoms with E-state index < -0.39 is 0 Å². The lowest BCUT2D eigenvalue weighted by Crippen LogP contribution is -2.20. The van der Waals surface area contributed by atoms with Crippen molar-refractivity contribution in [3.05, 3.63) is 24.3 Å². The predicted octanol–water partition coefficient (Wildman–Crippen LogP) is 10.5. The maximum absolute atomic E-state index is 12.5. The number of unbranched alkanes of at least 4 members (excludes halogenated alkanes) is 15. The van der Waals surface area contributed by atoms with Gasteiger partial charge in [-0.25, -0.2) is 0 Å². The number of rotatable bonds is 34. The fourth-order valence-electron chi connectivity index (χ4n) is 5.38. The van der Waals surface area contributed by atoms with Gasteiger partial charge < -0.3 is 19.1 Å². The summed E-state index contributed by atoms with van der Waals surface area (Å²) in [6, 6.07) is 0. The summed E-state index contributed by atoms with van der Waals surface area (Å²) >= 11 is 0. The molecule has 0 saturated carbocycles. The van der Waals surface area contributed by atoms with Crippen LogP contribution in [0.5, 0.6) is 0 Å². The van der Waals surface area contributed by atoms with Crippen LogP contribution in [-0.2, 0) is 28.6 Å². The molecule has 1 unspecified atom stereocenters. The zero-order valence-corrected chi connectivity index (χ0v) is 31.1. The summed E-state index contributed by atoms with van der Waals surface area (Å²) in [5, 5.41) is 0. The number of carbonyl (C=O) groups is 3. The van der Waals surface area contributed by atoms with Crippen LogP contribution in [0.25, 0.3) is 0 Å². The first kappa shape index (κ1) is 44.9. The van der Waals surface area contributed by atoms with E-state index in [9.17, 15) is 14.4 Å². The van der Waals surface area contributed by atoms with E-state index in [0.717, 1.165) is 109 Å². The Bertz CT molecular complexity index is 794. The van der Waals surface area contributed by atoms with Crippen molar-refractivity contribution in [2.24, 2.45) is 0 Å². The van der Waals surface area contributed by atoms with Crippen LogP contribution in [0, 0.1) is 0 Å². The van der Waals surface area contributed by atoms with E-state index in [4.69, 9.17) is 14.2 Å². The van der Waals surface area contributed by atoms with Crippen molar-refractivity contribution >= 4 is 17.9 Å². The number of nitrogens with zero attached hydrogens (tertiary/aromatic N) is 1. The second kappa shape index (κ2) is 35.2. The minimum Gasteiger partial charge on any atom is -0.462 e. The largest absolute Gasteiger partial charge is 0.462 e. The van der Waals surface area contributed by atoms with Gasteiger partial charge in [0.1, 0.15) is 19.3 Å². The second-order valence-corrected chi connectivity index (χ2v) is 13.3. The standard InChI is InChI=1S/C40H73NO6/c1-5-7-9-21-27-36-46-39(43)32-25-20-16-12-14-18-23-30-37(47-40(44)33-28-34-41(3)4)29-22-17-13-11-15-19-24-31-38(42)45-35-26-10-8-6-2/h10,21,26-27,37H,5-9,11-20,22-25,28-36H2,1-4H3/b26-10-,27-21-. The molecule has 0 aliphatic heterocycles. The summed E-state index contributed by atoms with van der Waals surface area (Å²) in [5.41, 5.74) is 0. The molecule has 0 aromatic heterocycles. The molecule has 0 bridgehead atoms. The zero-order valence-electron chi connectivity index (χ0n) is 31.1. The van der Waals surface area contributed by atoms with E-state index in [1.54, 1.807) is 0 Å². The second-order valence-electron chi connectivity index (χ2n) is 13.3. The quantitative estimate of drug-likeness (QED) is 0.0293. The summed E-state index contributed by atoms with van der Waals surface area (Å²) < 4.78 is 16.5. The first-order valence-electron chi connectivity index (χ1n) is 19.3. The Morgan fingerprint density at radius 3 is 1.43 bits per heavy atom. The van der Waals surface area contributed by atoms with Crippen LogP contribution in [0.1, 0.15) is 174 Å². The number of esters is 3. The third-order valence-electron chi connectivity index (χ3n) is 8.29. The van der Waals surface area contributed by atoms with Crippen LogP contribution < -0.4 is 0 Å². The number of carbonyl (C=O) groups excluding carboxylic acids is 3. The van der Waals surface area contributed by atoms with E-state index >= 15 is 0 Å². The normalized spacial score (nSPS) is 12.3. The molecule has 0 aliphatic carbocycles. The fourth-order valence-corrected chi connectivity index (χ4v) is 5.38. The fraction of sp³-hybridized carbons (Fsp3) is 0.825. The van der Waals surface area contributed by atoms with Gasteiger partial charge in [-0.05, 0) is 78.4 Å². The summed E-state index contributed by atoms with van der Waals surface area (Å²) in [5.74, 6) is -0.240. The highest BCUT2D eigenvalue weighted by atomic mass is 16.5. The third-order valence-corrected chi connectivity index (χ3v) is 8.29. The summed E-state index contributed by atoms with van der Waals surface area (Å²) in [6.07, 6.45) is 33.3. The van der Waals surface area contributed by atoms with Crippen molar-refractivity contribution in [3.63, 3.8) is 0 Å². The lowest BCUT2D eigenvalue weighted by molar-refractivity contribution is -0.150. The molecule has 0 N–H and O–H groups in total. The van der Waals surface area contributed by atoms with Crippen molar-refractivity contribution in [1.82, 2.24) is 4.90 Å². The lowest BCUT2D eigenvalue weighted by Gasteiger charge is -2.18. The van der Waals surface area contributed by atoms with E-state index in [-0.39, 0.29) is 24.0 Å². The van der Waals surface area contributed by atoms with Crippen LogP contribution in [0.3, 0.4) is 0 Å². The Labute approximate surface area is 289 Å². The van der Waals surface area contributed by atoms with Crippen LogP contribution in [0.15, 0.2) is 24.3 Å². The first-order chi connectivity index (χ1) is 22.9. The van der Waals surface area contributed by atoms with Gasteiger partial charge in [0.2, 0.25) is 0 Å². The molecule has 0 spiro atoms. The van der Waals surface area contributed by atoms with E-state index in [0.29, 0.717) is 32.5 Å². The zero-order chi connectivity index (χ0) is 34.6. The molecular weight excluding hydrogens is 590 g/mol. The average molecular weight is 664 g/mol. The molecule has 274 valence electrons. The predicted molar refractivity (Wildman–Crippen MR) is 195 cm³/mol. The van der Waals surface area contributed by atoms with E-state index in [1.165, 1.54) is 38.5 Å². The first-order valence-corrected chi connectivity index (χ1v) is 19.3. The number of hydrogen-bond acceptors (Lipinski definition) is 7. The summed E-state index contributed by atoms with van der Waals surface area (Å²) in [7, 11) is 4.05. The van der Waals surface area contributed by atoms with Crippen LogP contribution in [-0.4, -0.2) is 62.8 Å². The minimum atomic E-state index is -0.0933. The molecule has 7 nitrogen and oxygen atoms in total. The highest BCUT2D eigenvalue weighted by molar-refractivity contribution is 5.70. The number of ether oxygens (including phenoxy) is 3. The van der Waals surface area contributed by atoms with Crippen molar-refractivity contribution < 1.29 is 28.6 Å². The molecule has 0 radical (unpaired) electrons. The molecule has 0 heterocycles. The maximum atomic E-state index is 12.5. The SMILES string of the molecule is CCC/C=C\COC(=O)CCCCCCCCCC(CCCCCCCCCC(=O)OC/C=C\CCCC)OC(=O)CCCN(C)C. The molecule has 0 aromatic carbocycles. The lowest BCUT2D eigenvalue weighted by atomic mass is 10.0. The monoisotopic (exact) mass is 664 g/mol.